The normalized spacial score (nSPS) is 26.4. The average molecular weight is 360 g/mol. The van der Waals surface area contributed by atoms with Crippen molar-refractivity contribution in [2.24, 2.45) is 10.8 Å². The van der Waals surface area contributed by atoms with E-state index in [0.717, 1.165) is 25.3 Å². The third kappa shape index (κ3) is 3.71. The zero-order valence-corrected chi connectivity index (χ0v) is 15.4. The number of ether oxygens (including phenoxy) is 1. The Morgan fingerprint density at radius 3 is 2.73 bits per heavy atom. The van der Waals surface area contributed by atoms with E-state index in [-0.39, 0.29) is 40.6 Å². The molecule has 2 aliphatic rings. The molecule has 0 radical (unpaired) electrons. The van der Waals surface area contributed by atoms with Crippen LogP contribution in [0.4, 0.5) is 5.69 Å². The van der Waals surface area contributed by atoms with Crippen LogP contribution in [0.2, 0.25) is 0 Å². The van der Waals surface area contributed by atoms with Gasteiger partial charge in [-0.25, -0.2) is 4.79 Å². The van der Waals surface area contributed by atoms with Crippen molar-refractivity contribution >= 4 is 17.6 Å². The monoisotopic (exact) mass is 360 g/mol. The summed E-state index contributed by atoms with van der Waals surface area (Å²) in [6.45, 7) is 7.02. The van der Waals surface area contributed by atoms with Crippen LogP contribution >= 0.6 is 0 Å². The minimum Gasteiger partial charge on any atom is -0.452 e. The van der Waals surface area contributed by atoms with Gasteiger partial charge < -0.3 is 9.64 Å². The number of carbonyl (C=O) groups excluding carboxylic acids is 2. The maximum atomic E-state index is 12.6. The van der Waals surface area contributed by atoms with Gasteiger partial charge in [0.2, 0.25) is 0 Å². The number of amides is 1. The number of nitro groups is 1. The van der Waals surface area contributed by atoms with Crippen molar-refractivity contribution in [3.05, 3.63) is 39.9 Å². The Kier molecular flexibility index (Phi) is 4.50. The quantitative estimate of drug-likeness (QED) is 0.467. The Morgan fingerprint density at radius 2 is 2.04 bits per heavy atom. The van der Waals surface area contributed by atoms with Gasteiger partial charge in [0, 0.05) is 24.7 Å². The highest BCUT2D eigenvalue weighted by Crippen LogP contribution is 2.52. The number of nitro benzene ring substituents is 1. The van der Waals surface area contributed by atoms with Gasteiger partial charge in [0.15, 0.2) is 6.61 Å². The van der Waals surface area contributed by atoms with Crippen LogP contribution in [-0.2, 0) is 9.53 Å². The molecule has 26 heavy (non-hydrogen) atoms. The predicted octanol–water partition coefficient (Wildman–Crippen LogP) is 3.18. The summed E-state index contributed by atoms with van der Waals surface area (Å²) in [6.07, 6.45) is 3.02. The summed E-state index contributed by atoms with van der Waals surface area (Å²) in [5.74, 6) is -0.925. The fourth-order valence-corrected chi connectivity index (χ4v) is 4.79. The maximum absolute atomic E-state index is 12.6. The zero-order chi connectivity index (χ0) is 19.1. The first-order valence-electron chi connectivity index (χ1n) is 8.80. The topological polar surface area (TPSA) is 89.8 Å². The second-order valence-electron chi connectivity index (χ2n) is 8.62. The third-order valence-corrected chi connectivity index (χ3v) is 5.35. The van der Waals surface area contributed by atoms with E-state index >= 15 is 0 Å². The van der Waals surface area contributed by atoms with Crippen molar-refractivity contribution in [1.29, 1.82) is 0 Å². The number of hydrogen-bond acceptors (Lipinski definition) is 5. The van der Waals surface area contributed by atoms with Gasteiger partial charge in [-0.1, -0.05) is 26.8 Å². The largest absolute Gasteiger partial charge is 0.452 e. The van der Waals surface area contributed by atoms with Crippen LogP contribution in [-0.4, -0.2) is 40.9 Å². The van der Waals surface area contributed by atoms with Crippen molar-refractivity contribution in [3.8, 4) is 0 Å². The number of benzene rings is 1. The molecule has 2 atom stereocenters. The molecule has 0 N–H and O–H groups in total. The Balaban J connectivity index is 1.62. The van der Waals surface area contributed by atoms with Crippen LogP contribution in [0.15, 0.2) is 24.3 Å². The molecular weight excluding hydrogens is 336 g/mol. The molecule has 7 nitrogen and oxygen atoms in total. The van der Waals surface area contributed by atoms with Crippen LogP contribution in [0.3, 0.4) is 0 Å². The molecule has 1 aromatic rings. The molecule has 7 heteroatoms. The predicted molar refractivity (Wildman–Crippen MR) is 94.6 cm³/mol. The van der Waals surface area contributed by atoms with Crippen LogP contribution in [0, 0.1) is 20.9 Å². The molecule has 2 fully saturated rings. The van der Waals surface area contributed by atoms with E-state index in [9.17, 15) is 19.7 Å². The van der Waals surface area contributed by atoms with E-state index in [0.29, 0.717) is 6.54 Å². The lowest BCUT2D eigenvalue weighted by molar-refractivity contribution is -0.384. The molecule has 2 bridgehead atoms. The summed E-state index contributed by atoms with van der Waals surface area (Å²) in [4.78, 5) is 36.8. The van der Waals surface area contributed by atoms with Crippen molar-refractivity contribution in [2.75, 3.05) is 13.2 Å². The molecule has 1 saturated carbocycles. The molecule has 0 spiro atoms. The van der Waals surface area contributed by atoms with Crippen LogP contribution in [0.1, 0.15) is 50.4 Å². The third-order valence-electron chi connectivity index (χ3n) is 5.35. The number of non-ortho nitro benzene ring substituents is 1. The lowest BCUT2D eigenvalue weighted by atomic mass is 9.65. The number of fused-ring (bicyclic) bond motifs is 2. The molecule has 1 amide bonds. The van der Waals surface area contributed by atoms with E-state index in [4.69, 9.17) is 4.74 Å². The zero-order valence-electron chi connectivity index (χ0n) is 15.4. The Morgan fingerprint density at radius 1 is 1.31 bits per heavy atom. The summed E-state index contributed by atoms with van der Waals surface area (Å²) >= 11 is 0. The molecule has 1 saturated heterocycles. The van der Waals surface area contributed by atoms with Crippen molar-refractivity contribution in [1.82, 2.24) is 4.90 Å². The molecular formula is C19H24N2O5. The molecule has 3 rings (SSSR count). The first-order valence-corrected chi connectivity index (χ1v) is 8.80. The second-order valence-corrected chi connectivity index (χ2v) is 8.62. The number of likely N-dealkylation sites (tertiary alicyclic amines) is 1. The van der Waals surface area contributed by atoms with E-state index in [1.165, 1.54) is 18.2 Å². The summed E-state index contributed by atoms with van der Waals surface area (Å²) in [5, 5.41) is 10.8. The first kappa shape index (κ1) is 18.4. The van der Waals surface area contributed by atoms with Gasteiger partial charge in [0.25, 0.3) is 11.6 Å². The molecule has 1 aliphatic heterocycles. The summed E-state index contributed by atoms with van der Waals surface area (Å²) in [7, 11) is 0. The van der Waals surface area contributed by atoms with E-state index < -0.39 is 10.9 Å². The molecule has 0 aromatic heterocycles. The maximum Gasteiger partial charge on any atom is 0.338 e. The minimum atomic E-state index is -0.726. The van der Waals surface area contributed by atoms with Crippen molar-refractivity contribution in [3.63, 3.8) is 0 Å². The van der Waals surface area contributed by atoms with Crippen LogP contribution in [0.5, 0.6) is 0 Å². The molecule has 140 valence electrons. The Hall–Kier alpha value is -2.44. The Labute approximate surface area is 152 Å². The van der Waals surface area contributed by atoms with Gasteiger partial charge in [0.1, 0.15) is 0 Å². The number of carbonyl (C=O) groups is 2. The van der Waals surface area contributed by atoms with E-state index in [1.807, 2.05) is 4.90 Å². The van der Waals surface area contributed by atoms with Gasteiger partial charge >= 0.3 is 5.97 Å². The smallest absolute Gasteiger partial charge is 0.338 e. The lowest BCUT2D eigenvalue weighted by Gasteiger charge is -2.39. The molecule has 1 aromatic carbocycles. The van der Waals surface area contributed by atoms with E-state index in [2.05, 4.69) is 20.8 Å². The average Bonchev–Trinajstić information content (AvgIpc) is 2.81. The molecule has 0 unspecified atom stereocenters. The van der Waals surface area contributed by atoms with Crippen LogP contribution < -0.4 is 0 Å². The summed E-state index contributed by atoms with van der Waals surface area (Å²) in [6, 6.07) is 5.50. The van der Waals surface area contributed by atoms with Crippen molar-refractivity contribution in [2.45, 2.75) is 46.1 Å². The highest BCUT2D eigenvalue weighted by atomic mass is 16.6. The highest BCUT2D eigenvalue weighted by molar-refractivity contribution is 5.92. The fourth-order valence-electron chi connectivity index (χ4n) is 4.79. The first-order chi connectivity index (χ1) is 12.1. The highest BCUT2D eigenvalue weighted by Gasteiger charge is 2.50. The van der Waals surface area contributed by atoms with Gasteiger partial charge in [-0.3, -0.25) is 14.9 Å². The van der Waals surface area contributed by atoms with Crippen molar-refractivity contribution < 1.29 is 19.2 Å². The number of rotatable bonds is 4. The van der Waals surface area contributed by atoms with E-state index in [1.54, 1.807) is 0 Å². The standard InChI is InChI=1S/C19H24N2O5/c1-18(2)8-15-9-19(3,11-18)12-20(15)16(22)10-26-17(23)13-5-4-6-14(7-13)21(24)25/h4-7,15H,8-12H2,1-3H3/t15-,19-/m1/s1. The van der Waals surface area contributed by atoms with Gasteiger partial charge in [-0.2, -0.15) is 0 Å². The fraction of sp³-hybridized carbons (Fsp3) is 0.579. The number of esters is 1. The number of hydrogen-bond donors (Lipinski definition) is 0. The summed E-state index contributed by atoms with van der Waals surface area (Å²) < 4.78 is 5.12. The molecule has 1 aliphatic carbocycles. The SMILES string of the molecule is CC1(C)C[C@@H]2C[C@@](C)(CN2C(=O)COC(=O)c2cccc([N+](=O)[O-])c2)C1. The molecule has 1 heterocycles. The van der Waals surface area contributed by atoms with Gasteiger partial charge in [0.05, 0.1) is 10.5 Å². The second kappa shape index (κ2) is 6.37. The Bertz CT molecular complexity index is 760. The van der Waals surface area contributed by atoms with Crippen LogP contribution in [0.25, 0.3) is 0 Å². The minimum absolute atomic E-state index is 0.0697. The lowest BCUT2D eigenvalue weighted by Crippen LogP contribution is -2.39. The number of nitrogens with zero attached hydrogens (tertiary/aromatic N) is 2. The van der Waals surface area contributed by atoms with Gasteiger partial charge in [-0.15, -0.1) is 0 Å². The summed E-state index contributed by atoms with van der Waals surface area (Å²) in [5.41, 5.74) is 0.202. The van der Waals surface area contributed by atoms with Gasteiger partial charge in [-0.05, 0) is 36.2 Å².